The molecule has 116 valence electrons. The van der Waals surface area contributed by atoms with Crippen LogP contribution in [0.4, 0.5) is 5.82 Å². The molecule has 2 heterocycles. The number of aryl methyl sites for hydroxylation is 1. The molecule has 2 N–H and O–H groups in total. The van der Waals surface area contributed by atoms with E-state index < -0.39 is 10.0 Å². The summed E-state index contributed by atoms with van der Waals surface area (Å²) >= 11 is 0. The summed E-state index contributed by atoms with van der Waals surface area (Å²) in [5.41, 5.74) is 7.76. The molecule has 5 nitrogen and oxygen atoms in total. The largest absolute Gasteiger partial charge is 0.383 e. The van der Waals surface area contributed by atoms with Gasteiger partial charge in [0.05, 0.1) is 10.9 Å². The van der Waals surface area contributed by atoms with Crippen molar-refractivity contribution in [3.63, 3.8) is 0 Å². The first kappa shape index (κ1) is 15.0. The molecule has 1 fully saturated rings. The molecule has 3 rings (SSSR count). The highest BCUT2D eigenvalue weighted by molar-refractivity contribution is 7.89. The van der Waals surface area contributed by atoms with E-state index in [-0.39, 0.29) is 6.04 Å². The van der Waals surface area contributed by atoms with Gasteiger partial charge in [-0.3, -0.25) is 0 Å². The zero-order valence-corrected chi connectivity index (χ0v) is 13.3. The summed E-state index contributed by atoms with van der Waals surface area (Å²) in [5.74, 6) is 0.401. The Morgan fingerprint density at radius 3 is 2.64 bits per heavy atom. The van der Waals surface area contributed by atoms with Crippen LogP contribution in [-0.4, -0.2) is 24.3 Å². The topological polar surface area (TPSA) is 76.3 Å². The molecule has 0 saturated carbocycles. The number of pyridine rings is 1. The zero-order chi connectivity index (χ0) is 15.7. The summed E-state index contributed by atoms with van der Waals surface area (Å²) in [7, 11) is -3.52. The standard InChI is InChI=1S/C16H19N3O2S/c1-12-6-8-13(9-7-12)22(20,21)19-11-3-5-15(19)14-4-2-10-18-16(14)17/h2,4,6-10,15H,3,5,11H2,1H3,(H2,17,18). The molecule has 1 unspecified atom stereocenters. The number of anilines is 1. The summed E-state index contributed by atoms with van der Waals surface area (Å²) < 4.78 is 27.4. The molecule has 22 heavy (non-hydrogen) atoms. The molecule has 0 radical (unpaired) electrons. The lowest BCUT2D eigenvalue weighted by atomic mass is 10.1. The van der Waals surface area contributed by atoms with Crippen molar-refractivity contribution in [1.29, 1.82) is 0 Å². The second-order valence-electron chi connectivity index (χ2n) is 5.56. The Hall–Kier alpha value is -1.92. The van der Waals surface area contributed by atoms with Crippen LogP contribution in [0.2, 0.25) is 0 Å². The number of benzene rings is 1. The van der Waals surface area contributed by atoms with Crippen molar-refractivity contribution in [1.82, 2.24) is 9.29 Å². The summed E-state index contributed by atoms with van der Waals surface area (Å²) in [5, 5.41) is 0. The van der Waals surface area contributed by atoms with Gasteiger partial charge >= 0.3 is 0 Å². The molecule has 1 aromatic heterocycles. The molecule has 1 saturated heterocycles. The molecule has 0 spiro atoms. The van der Waals surface area contributed by atoms with Gasteiger partial charge in [0, 0.05) is 18.3 Å². The average molecular weight is 317 g/mol. The Bertz CT molecular complexity index is 772. The molecular weight excluding hydrogens is 298 g/mol. The lowest BCUT2D eigenvalue weighted by molar-refractivity contribution is 0.397. The first-order valence-corrected chi connectivity index (χ1v) is 8.73. The van der Waals surface area contributed by atoms with Crippen LogP contribution in [0.3, 0.4) is 0 Å². The molecule has 1 aliphatic heterocycles. The third-order valence-electron chi connectivity index (χ3n) is 4.06. The maximum Gasteiger partial charge on any atom is 0.243 e. The molecule has 2 aromatic rings. The number of hydrogen-bond donors (Lipinski definition) is 1. The van der Waals surface area contributed by atoms with Crippen LogP contribution in [0.15, 0.2) is 47.5 Å². The zero-order valence-electron chi connectivity index (χ0n) is 12.4. The number of aromatic nitrogens is 1. The molecular formula is C16H19N3O2S. The van der Waals surface area contributed by atoms with Crippen LogP contribution < -0.4 is 5.73 Å². The van der Waals surface area contributed by atoms with Crippen molar-refractivity contribution in [2.75, 3.05) is 12.3 Å². The van der Waals surface area contributed by atoms with Gasteiger partial charge in [0.2, 0.25) is 10.0 Å². The van der Waals surface area contributed by atoms with Gasteiger partial charge < -0.3 is 5.73 Å². The second-order valence-corrected chi connectivity index (χ2v) is 7.46. The predicted molar refractivity (Wildman–Crippen MR) is 85.7 cm³/mol. The minimum atomic E-state index is -3.52. The fraction of sp³-hybridized carbons (Fsp3) is 0.312. The van der Waals surface area contributed by atoms with Crippen molar-refractivity contribution < 1.29 is 8.42 Å². The minimum absolute atomic E-state index is 0.236. The number of sulfonamides is 1. The summed E-state index contributed by atoms with van der Waals surface area (Å²) in [6.07, 6.45) is 3.21. The van der Waals surface area contributed by atoms with Gasteiger partial charge in [-0.25, -0.2) is 13.4 Å². The van der Waals surface area contributed by atoms with Gasteiger partial charge in [0.15, 0.2) is 0 Å². The number of hydrogen-bond acceptors (Lipinski definition) is 4. The van der Waals surface area contributed by atoms with Crippen molar-refractivity contribution >= 4 is 15.8 Å². The first-order chi connectivity index (χ1) is 10.5. The van der Waals surface area contributed by atoms with Crippen LogP contribution in [0.1, 0.15) is 30.0 Å². The molecule has 6 heteroatoms. The number of rotatable bonds is 3. The number of nitrogens with two attached hydrogens (primary N) is 1. The van der Waals surface area contributed by atoms with Crippen LogP contribution >= 0.6 is 0 Å². The second kappa shape index (κ2) is 5.70. The normalized spacial score (nSPS) is 19.4. The van der Waals surface area contributed by atoms with E-state index >= 15 is 0 Å². The van der Waals surface area contributed by atoms with Crippen LogP contribution in [0.25, 0.3) is 0 Å². The Kier molecular flexibility index (Phi) is 3.88. The lowest BCUT2D eigenvalue weighted by Crippen LogP contribution is -2.31. The van der Waals surface area contributed by atoms with Crippen molar-refractivity contribution in [3.05, 3.63) is 53.7 Å². The highest BCUT2D eigenvalue weighted by Gasteiger charge is 2.37. The maximum atomic E-state index is 12.9. The first-order valence-electron chi connectivity index (χ1n) is 7.29. The van der Waals surface area contributed by atoms with Crippen LogP contribution in [0.5, 0.6) is 0 Å². The average Bonchev–Trinajstić information content (AvgIpc) is 2.98. The van der Waals surface area contributed by atoms with Gasteiger partial charge in [-0.05, 0) is 38.0 Å². The Morgan fingerprint density at radius 2 is 1.95 bits per heavy atom. The van der Waals surface area contributed by atoms with E-state index in [1.54, 1.807) is 28.7 Å². The highest BCUT2D eigenvalue weighted by atomic mass is 32.2. The summed E-state index contributed by atoms with van der Waals surface area (Å²) in [4.78, 5) is 4.41. The Balaban J connectivity index is 1.99. The van der Waals surface area contributed by atoms with Crippen molar-refractivity contribution in [3.8, 4) is 0 Å². The third-order valence-corrected chi connectivity index (χ3v) is 5.98. The van der Waals surface area contributed by atoms with E-state index in [9.17, 15) is 8.42 Å². The van der Waals surface area contributed by atoms with E-state index in [4.69, 9.17) is 5.73 Å². The molecule has 0 bridgehead atoms. The van der Waals surface area contributed by atoms with Gasteiger partial charge in [-0.1, -0.05) is 23.8 Å². The summed E-state index contributed by atoms with van der Waals surface area (Å²) in [6, 6.07) is 10.4. The fourth-order valence-electron chi connectivity index (χ4n) is 2.90. The monoisotopic (exact) mass is 317 g/mol. The van der Waals surface area contributed by atoms with Gasteiger partial charge in [-0.15, -0.1) is 0 Å². The molecule has 1 atom stereocenters. The van der Waals surface area contributed by atoms with E-state index in [2.05, 4.69) is 4.98 Å². The fourth-order valence-corrected chi connectivity index (χ4v) is 4.57. The molecule has 1 aromatic carbocycles. The smallest absolute Gasteiger partial charge is 0.243 e. The summed E-state index contributed by atoms with van der Waals surface area (Å²) in [6.45, 7) is 2.45. The van der Waals surface area contributed by atoms with Crippen LogP contribution in [-0.2, 0) is 10.0 Å². The predicted octanol–water partition coefficient (Wildman–Crippen LogP) is 2.50. The maximum absolute atomic E-state index is 12.9. The van der Waals surface area contributed by atoms with Crippen LogP contribution in [0, 0.1) is 6.92 Å². The molecule has 0 aliphatic carbocycles. The van der Waals surface area contributed by atoms with E-state index in [1.807, 2.05) is 25.1 Å². The van der Waals surface area contributed by atoms with Gasteiger partial charge in [-0.2, -0.15) is 4.31 Å². The van der Waals surface area contributed by atoms with Gasteiger partial charge in [0.25, 0.3) is 0 Å². The highest BCUT2D eigenvalue weighted by Crippen LogP contribution is 2.38. The SMILES string of the molecule is Cc1ccc(S(=O)(=O)N2CCCC2c2cccnc2N)cc1. The molecule has 0 amide bonds. The van der Waals surface area contributed by atoms with Crippen molar-refractivity contribution in [2.24, 2.45) is 0 Å². The quantitative estimate of drug-likeness (QED) is 0.943. The number of nitrogen functional groups attached to an aromatic ring is 1. The van der Waals surface area contributed by atoms with Crippen molar-refractivity contribution in [2.45, 2.75) is 30.7 Å². The Morgan fingerprint density at radius 1 is 1.23 bits per heavy atom. The number of nitrogens with zero attached hydrogens (tertiary/aromatic N) is 2. The lowest BCUT2D eigenvalue weighted by Gasteiger charge is -2.25. The minimum Gasteiger partial charge on any atom is -0.383 e. The van der Waals surface area contributed by atoms with E-state index in [0.29, 0.717) is 17.3 Å². The molecule has 1 aliphatic rings. The Labute approximate surface area is 130 Å². The van der Waals surface area contributed by atoms with Gasteiger partial charge in [0.1, 0.15) is 5.82 Å². The third kappa shape index (κ3) is 2.60. The van der Waals surface area contributed by atoms with E-state index in [0.717, 1.165) is 24.0 Å². The van der Waals surface area contributed by atoms with E-state index in [1.165, 1.54) is 0 Å².